The number of esters is 2. The molecule has 1 atom stereocenters. The van der Waals surface area contributed by atoms with Crippen LogP contribution >= 0.6 is 0 Å². The molecule has 0 bridgehead atoms. The largest absolute Gasteiger partial charge is 0.499 e. The number of unbranched alkanes of at least 4 members (excludes halogenated alkanes) is 3. The monoisotopic (exact) mass is 1780 g/mol. The molecule has 6 heterocycles. The number of rotatable bonds is 28. The summed E-state index contributed by atoms with van der Waals surface area (Å²) in [6, 6.07) is 66.0. The Bertz CT molecular complexity index is 5520. The summed E-state index contributed by atoms with van der Waals surface area (Å²) in [5, 5.41) is 0. The Hall–Kier alpha value is -10.0. The van der Waals surface area contributed by atoms with Crippen molar-refractivity contribution in [2.24, 2.45) is 11.3 Å². The molecule has 0 amide bonds. The van der Waals surface area contributed by atoms with E-state index >= 15 is 0 Å². The Morgan fingerprint density at radius 2 is 0.705 bits per heavy atom. The summed E-state index contributed by atoms with van der Waals surface area (Å²) in [6.07, 6.45) is 4.83. The van der Waals surface area contributed by atoms with E-state index in [9.17, 15) is 31.2 Å². The number of para-hydroxylation sites is 6. The first-order valence-corrected chi connectivity index (χ1v) is 47.9. The minimum Gasteiger partial charge on any atom is -0.499 e. The van der Waals surface area contributed by atoms with Gasteiger partial charge >= 0.3 is 17.9 Å². The van der Waals surface area contributed by atoms with E-state index in [4.69, 9.17) is 9.47 Å². The zero-order valence-electron chi connectivity index (χ0n) is 82.6. The molecule has 6 aliphatic heterocycles. The minimum atomic E-state index is -3.70. The molecule has 0 radical (unpaired) electrons. The molecule has 0 N–H and O–H groups in total. The lowest BCUT2D eigenvalue weighted by molar-refractivity contribution is -0.456. The Labute approximate surface area is 771 Å². The molecule has 0 saturated heterocycles. The molecular weight excluding hydrogens is 1630 g/mol. The molecule has 0 fully saturated rings. The van der Waals surface area contributed by atoms with E-state index in [0.29, 0.717) is 31.1 Å². The van der Waals surface area contributed by atoms with Gasteiger partial charge in [0, 0.05) is 154 Å². The predicted molar refractivity (Wildman–Crippen MR) is 525 cm³/mol. The second kappa shape index (κ2) is 42.5. The third-order valence-corrected chi connectivity index (χ3v) is 30.2. The maximum Gasteiger partial charge on any atom is 0.338 e. The number of allylic oxidation sites excluding steroid dienone is 1. The topological polar surface area (TPSA) is 123 Å². The van der Waals surface area contributed by atoms with Gasteiger partial charge in [0.1, 0.15) is 26.7 Å². The van der Waals surface area contributed by atoms with Crippen molar-refractivity contribution in [2.75, 3.05) is 59.4 Å². The van der Waals surface area contributed by atoms with Crippen LogP contribution in [0.1, 0.15) is 283 Å². The van der Waals surface area contributed by atoms with Gasteiger partial charge in [-0.2, -0.15) is 40.1 Å². The maximum absolute atomic E-state index is 13.3. The molecule has 18 heteroatoms. The van der Waals surface area contributed by atoms with E-state index in [2.05, 4.69) is 343 Å². The Balaban J connectivity index is 0.000000178. The molecule has 0 aliphatic carbocycles. The first kappa shape index (κ1) is 103. The highest BCUT2D eigenvalue weighted by molar-refractivity contribution is 7.86. The summed E-state index contributed by atoms with van der Waals surface area (Å²) in [5.41, 5.74) is 27.8. The van der Waals surface area contributed by atoms with Crippen molar-refractivity contribution in [1.29, 1.82) is 0 Å². The third-order valence-electron chi connectivity index (χ3n) is 28.9. The number of benzene rings is 8. The van der Waals surface area contributed by atoms with Crippen LogP contribution in [0.15, 0.2) is 206 Å². The van der Waals surface area contributed by atoms with E-state index < -0.39 is 34.8 Å². The summed E-state index contributed by atoms with van der Waals surface area (Å²) < 4.78 is 96.2. The molecular formula is C111H149F3N6O8S+6. The minimum absolute atomic E-state index is 0.0289. The molecule has 0 aromatic heterocycles. The first-order chi connectivity index (χ1) is 60.5. The van der Waals surface area contributed by atoms with E-state index in [1.807, 2.05) is 43.3 Å². The molecule has 8 aromatic rings. The van der Waals surface area contributed by atoms with Crippen molar-refractivity contribution in [2.45, 2.75) is 276 Å². The Morgan fingerprint density at radius 1 is 0.411 bits per heavy atom. The average molecular weight is 1780 g/mol. The van der Waals surface area contributed by atoms with Gasteiger partial charge in [0.05, 0.1) is 75.5 Å². The van der Waals surface area contributed by atoms with Gasteiger partial charge in [-0.1, -0.05) is 181 Å². The van der Waals surface area contributed by atoms with Crippen LogP contribution in [0, 0.1) is 11.3 Å². The van der Waals surface area contributed by atoms with Gasteiger partial charge in [-0.05, 0) is 140 Å². The third kappa shape index (κ3) is 23.3. The maximum atomic E-state index is 13.3. The molecule has 14 rings (SSSR count). The number of hydrogen-bond donors (Lipinski definition) is 0. The predicted octanol–water partition coefficient (Wildman–Crippen LogP) is 25.8. The summed E-state index contributed by atoms with van der Waals surface area (Å²) in [5.74, 6) is -3.39. The van der Waals surface area contributed by atoms with Crippen LogP contribution in [0.25, 0.3) is 0 Å². The van der Waals surface area contributed by atoms with Crippen LogP contribution < -0.4 is 0 Å². The second-order valence-corrected chi connectivity index (χ2v) is 41.4. The van der Waals surface area contributed by atoms with E-state index in [1.54, 1.807) is 12.1 Å². The zero-order valence-corrected chi connectivity index (χ0v) is 83.5. The van der Waals surface area contributed by atoms with E-state index in [1.165, 1.54) is 134 Å². The number of alkyl halides is 3. The molecule has 8 aromatic carbocycles. The van der Waals surface area contributed by atoms with Crippen LogP contribution in [-0.4, -0.2) is 154 Å². The van der Waals surface area contributed by atoms with Gasteiger partial charge in [-0.15, -0.1) is 0 Å². The fourth-order valence-electron chi connectivity index (χ4n) is 17.6. The molecule has 129 heavy (non-hydrogen) atoms. The molecule has 0 spiro atoms. The fraction of sp³-hybridized carbons (Fsp3) is 0.477. The summed E-state index contributed by atoms with van der Waals surface area (Å²) in [7, 11) is 0.0191. The van der Waals surface area contributed by atoms with Gasteiger partial charge in [0.25, 0.3) is 10.1 Å². The van der Waals surface area contributed by atoms with Crippen molar-refractivity contribution in [3.8, 4) is 0 Å². The SMILES string of the molecule is C=C(CCCC[N+]1=C(C)C(C)(C)c2ccccc21)OCC.CC1=[N+](C)c2ccccc2C1(C)C.CC1=[N+](Cc2ccc(C(=O)OCC(C)(C)C(C)C)cc2)c2ccccc2C1(C)C.CC1=[N+](Cc2ccc(C(=O)OCC(F)(F)C(C)F)cc2)c2ccccc2C1(C)C.CCCC[N+]1=C(C)C(C)(C)c2ccccc21.COS(=O)(=O)CCCC[N+]1=C(C)C(C)(C)c2ccccc21. The van der Waals surface area contributed by atoms with Crippen LogP contribution in [0.2, 0.25) is 0 Å². The van der Waals surface area contributed by atoms with Crippen LogP contribution in [-0.2, 0) is 74.1 Å². The number of ether oxygens (including phenoxy) is 3. The zero-order chi connectivity index (χ0) is 95.3. The molecule has 0 saturated carbocycles. The summed E-state index contributed by atoms with van der Waals surface area (Å²) in [6.45, 7) is 62.3. The van der Waals surface area contributed by atoms with E-state index in [0.717, 1.165) is 82.4 Å². The lowest BCUT2D eigenvalue weighted by atomic mass is 9.82. The van der Waals surface area contributed by atoms with Gasteiger partial charge in [-0.25, -0.2) is 18.6 Å². The van der Waals surface area contributed by atoms with Gasteiger partial charge in [0.15, 0.2) is 60.1 Å². The normalized spacial score (nSPS) is 16.7. The molecule has 1 unspecified atom stereocenters. The highest BCUT2D eigenvalue weighted by atomic mass is 32.2. The van der Waals surface area contributed by atoms with Crippen molar-refractivity contribution >= 4 is 90.5 Å². The second-order valence-electron chi connectivity index (χ2n) is 39.5. The van der Waals surface area contributed by atoms with Gasteiger partial charge in [-0.3, -0.25) is 4.18 Å². The Morgan fingerprint density at radius 3 is 1.02 bits per heavy atom. The van der Waals surface area contributed by atoms with Crippen LogP contribution in [0.5, 0.6) is 0 Å². The summed E-state index contributed by atoms with van der Waals surface area (Å²) >= 11 is 0. The highest BCUT2D eigenvalue weighted by Crippen LogP contribution is 2.46. The lowest BCUT2D eigenvalue weighted by Gasteiger charge is -2.28. The molecule has 692 valence electrons. The van der Waals surface area contributed by atoms with Gasteiger partial charge in [0.2, 0.25) is 34.1 Å². The molecule has 14 nitrogen and oxygen atoms in total. The standard InChI is InChI=1S/C26H34NO2.C23H25F3NO2.C19H28NO.C16H24NO3S.C15H22N.C12H16N/c1-18(2)25(4,5)17-29-24(28)21-14-12-20(13-15-21)16-27-19(3)26(6,7)22-10-8-9-11-23(22)27;1-15(24)23(25,26)14-29-21(28)18-11-9-17(10-12-18)13-27-16(2)22(3,4)19-7-5-6-8-20(19)27;1-6-21-15(2)11-9-10-14-20-16(3)19(4,5)17-12-7-8-13-18(17)20;1-13-16(2,3)14-9-5-6-10-15(14)17(13)11-7-8-12-21(18,19)20-4;1-5-6-11-16-12(2)15(3,4)13-9-7-8-10-14(13)16;1-9-12(2,3)10-7-5-6-8-11(10)13(9)4/h8-15,18H,16-17H2,1-7H3;5-12,15H,13-14H2,1-4H3;7-8,12-13H,2,6,9-11,14H2,1,3-5H3;5-6,9-10H,7-8,11-12H2,1-4H3;7-10H,5-6,11H2,1-4H3;5-8H,1-4H3/q6*+1. The lowest BCUT2D eigenvalue weighted by Crippen LogP contribution is -2.34. The van der Waals surface area contributed by atoms with Crippen molar-refractivity contribution in [1.82, 2.24) is 0 Å². The van der Waals surface area contributed by atoms with E-state index in [-0.39, 0.29) is 55.2 Å². The molecule has 6 aliphatic rings. The number of halogens is 3. The van der Waals surface area contributed by atoms with Crippen LogP contribution in [0.4, 0.5) is 47.3 Å². The number of carbonyl (C=O) groups excluding carboxylic acids is 2. The van der Waals surface area contributed by atoms with Crippen molar-refractivity contribution in [3.63, 3.8) is 0 Å². The smallest absolute Gasteiger partial charge is 0.338 e. The first-order valence-electron chi connectivity index (χ1n) is 46.3. The van der Waals surface area contributed by atoms with Crippen molar-refractivity contribution in [3.05, 3.63) is 262 Å². The number of fused-ring (bicyclic) bond motifs is 6. The highest BCUT2D eigenvalue weighted by Gasteiger charge is 2.49. The van der Waals surface area contributed by atoms with Gasteiger partial charge < -0.3 is 14.2 Å². The average Bonchev–Trinajstić information content (AvgIpc) is 1.74. The number of nitrogens with zero attached hydrogens (tertiary/aromatic N) is 6. The summed E-state index contributed by atoms with van der Waals surface area (Å²) in [4.78, 5) is 24.4. The number of hydrogen-bond acceptors (Lipinski definition) is 8. The van der Waals surface area contributed by atoms with Crippen LogP contribution in [0.3, 0.4) is 0 Å². The fourth-order valence-corrected chi connectivity index (χ4v) is 18.4. The quantitative estimate of drug-likeness (QED) is 0.0156. The Kier molecular flexibility index (Phi) is 33.8. The number of carbonyl (C=O) groups is 2. The van der Waals surface area contributed by atoms with Crippen molar-refractivity contribution < 1.29 is 77.0 Å².